The lowest BCUT2D eigenvalue weighted by Crippen LogP contribution is -2.38. The molecule has 0 unspecified atom stereocenters. The number of alkyl halides is 3. The van der Waals surface area contributed by atoms with Crippen LogP contribution in [0.4, 0.5) is 22.0 Å². The van der Waals surface area contributed by atoms with E-state index in [4.69, 9.17) is 11.1 Å². The van der Waals surface area contributed by atoms with Gasteiger partial charge in [0.25, 0.3) is 5.91 Å². The Hall–Kier alpha value is -2.10. The van der Waals surface area contributed by atoms with E-state index in [1.807, 2.05) is 11.8 Å². The van der Waals surface area contributed by atoms with Gasteiger partial charge in [0.05, 0.1) is 6.54 Å². The minimum absolute atomic E-state index is 0.0735. The Morgan fingerprint density at radius 1 is 1.24 bits per heavy atom. The van der Waals surface area contributed by atoms with Crippen LogP contribution in [-0.4, -0.2) is 40.7 Å². The lowest BCUT2D eigenvalue weighted by molar-refractivity contribution is -0.124. The quantitative estimate of drug-likeness (QED) is 0.497. The predicted molar refractivity (Wildman–Crippen MR) is 102 cm³/mol. The maximum Gasteiger partial charge on any atom is 0.430 e. The first-order valence-corrected chi connectivity index (χ1v) is 10.2. The van der Waals surface area contributed by atoms with Gasteiger partial charge in [-0.2, -0.15) is 24.9 Å². The van der Waals surface area contributed by atoms with E-state index in [0.717, 1.165) is 41.4 Å². The highest BCUT2D eigenvalue weighted by Gasteiger charge is 2.33. The molecule has 3 N–H and O–H groups in total. The number of allylic oxidation sites excluding steroid dienone is 1. The smallest absolute Gasteiger partial charge is 0.395 e. The van der Waals surface area contributed by atoms with Gasteiger partial charge in [-0.3, -0.25) is 10.2 Å². The summed E-state index contributed by atoms with van der Waals surface area (Å²) in [4.78, 5) is 13.6. The molecule has 0 bridgehead atoms. The summed E-state index contributed by atoms with van der Waals surface area (Å²) < 4.78 is 65.8. The Labute approximate surface area is 169 Å². The zero-order valence-corrected chi connectivity index (χ0v) is 16.4. The van der Waals surface area contributed by atoms with Crippen molar-refractivity contribution in [2.24, 2.45) is 11.7 Å². The average molecular weight is 435 g/mol. The summed E-state index contributed by atoms with van der Waals surface area (Å²) >= 11 is 1.82. The van der Waals surface area contributed by atoms with Crippen molar-refractivity contribution in [2.45, 2.75) is 32.0 Å². The van der Waals surface area contributed by atoms with Crippen LogP contribution < -0.4 is 5.73 Å². The van der Waals surface area contributed by atoms with Crippen LogP contribution in [0, 0.1) is 23.0 Å². The molecule has 0 aromatic heterocycles. The van der Waals surface area contributed by atoms with E-state index >= 15 is 0 Å². The van der Waals surface area contributed by atoms with Crippen molar-refractivity contribution in [3.8, 4) is 0 Å². The van der Waals surface area contributed by atoms with E-state index in [9.17, 15) is 26.7 Å². The minimum atomic E-state index is -4.88. The predicted octanol–water partition coefficient (Wildman–Crippen LogP) is 4.25. The summed E-state index contributed by atoms with van der Waals surface area (Å²) in [6, 6.07) is 3.24. The van der Waals surface area contributed by atoms with Crippen LogP contribution in [0.2, 0.25) is 0 Å². The Balaban J connectivity index is 2.20. The Kier molecular flexibility index (Phi) is 8.06. The molecular formula is C19H22F5N3OS. The number of nitrogens with two attached hydrogens (primary N) is 1. The number of nitrogens with one attached hydrogen (secondary N) is 1. The minimum Gasteiger partial charge on any atom is -0.395 e. The monoisotopic (exact) mass is 435 g/mol. The first-order chi connectivity index (χ1) is 13.6. The molecule has 1 aromatic carbocycles. The first kappa shape index (κ1) is 23.2. The fraction of sp³-hybridized carbons (Fsp3) is 0.474. The molecule has 0 radical (unpaired) electrons. The van der Waals surface area contributed by atoms with E-state index in [2.05, 4.69) is 0 Å². The van der Waals surface area contributed by atoms with E-state index in [1.165, 1.54) is 6.07 Å². The third-order valence-electron chi connectivity index (χ3n) is 4.70. The molecule has 0 atom stereocenters. The summed E-state index contributed by atoms with van der Waals surface area (Å²) in [6.07, 6.45) is -2.26. The zero-order chi connectivity index (χ0) is 21.6. The van der Waals surface area contributed by atoms with Crippen LogP contribution >= 0.6 is 11.8 Å². The van der Waals surface area contributed by atoms with Gasteiger partial charge in [0, 0.05) is 12.1 Å². The number of carbonyl (C=O) groups is 1. The van der Waals surface area contributed by atoms with E-state index in [0.29, 0.717) is 12.3 Å². The summed E-state index contributed by atoms with van der Waals surface area (Å²) in [7, 11) is 0. The van der Waals surface area contributed by atoms with Gasteiger partial charge in [-0.1, -0.05) is 6.07 Å². The Morgan fingerprint density at radius 2 is 1.83 bits per heavy atom. The van der Waals surface area contributed by atoms with Crippen molar-refractivity contribution < 1.29 is 26.7 Å². The lowest BCUT2D eigenvalue weighted by Gasteiger charge is -2.27. The van der Waals surface area contributed by atoms with Gasteiger partial charge in [-0.15, -0.1) is 0 Å². The molecule has 1 aromatic rings. The topological polar surface area (TPSA) is 70.2 Å². The van der Waals surface area contributed by atoms with Gasteiger partial charge in [0.15, 0.2) is 0 Å². The largest absolute Gasteiger partial charge is 0.430 e. The van der Waals surface area contributed by atoms with Crippen LogP contribution in [0.3, 0.4) is 0 Å². The summed E-state index contributed by atoms with van der Waals surface area (Å²) in [6.45, 7) is -0.412. The zero-order valence-electron chi connectivity index (χ0n) is 15.6. The van der Waals surface area contributed by atoms with Crippen LogP contribution in [0.15, 0.2) is 30.0 Å². The maximum absolute atomic E-state index is 14.0. The van der Waals surface area contributed by atoms with Gasteiger partial charge in [-0.25, -0.2) is 8.78 Å². The van der Waals surface area contributed by atoms with Gasteiger partial charge in [-0.05, 0) is 54.9 Å². The fourth-order valence-electron chi connectivity index (χ4n) is 2.97. The molecule has 0 saturated carbocycles. The third kappa shape index (κ3) is 6.73. The number of hydrogen-bond donors (Lipinski definition) is 2. The highest BCUT2D eigenvalue weighted by Crippen LogP contribution is 2.26. The highest BCUT2D eigenvalue weighted by atomic mass is 32.2. The molecule has 1 heterocycles. The number of amides is 1. The molecule has 1 amide bonds. The molecular weight excluding hydrogens is 413 g/mol. The van der Waals surface area contributed by atoms with Gasteiger partial charge < -0.3 is 10.6 Å². The Bertz CT molecular complexity index is 755. The number of rotatable bonds is 7. The maximum atomic E-state index is 14.0. The number of benzene rings is 1. The standard InChI is InChI=1S/C19H22F5N3OS/c20-14-2-1-3-15(21)13(14)11-27(7-4-12-5-8-29-9-6-12)18(28)16(25)10-17(26)19(22,23)24/h1-3,10,12,25H,4-9,11,26H2. The molecule has 160 valence electrons. The van der Waals surface area contributed by atoms with Crippen LogP contribution in [0.1, 0.15) is 24.8 Å². The molecule has 0 aliphatic carbocycles. The van der Waals surface area contributed by atoms with Gasteiger partial charge in [0.1, 0.15) is 23.0 Å². The second-order valence-corrected chi connectivity index (χ2v) is 8.01. The van der Waals surface area contributed by atoms with Crippen molar-refractivity contribution in [3.05, 3.63) is 47.2 Å². The number of carbonyl (C=O) groups excluding carboxylic acids is 1. The average Bonchev–Trinajstić information content (AvgIpc) is 2.66. The highest BCUT2D eigenvalue weighted by molar-refractivity contribution is 7.99. The van der Waals surface area contributed by atoms with Crippen molar-refractivity contribution >= 4 is 23.4 Å². The number of thioether (sulfide) groups is 1. The first-order valence-electron chi connectivity index (χ1n) is 9.02. The van der Waals surface area contributed by atoms with E-state index in [-0.39, 0.29) is 18.2 Å². The molecule has 2 rings (SSSR count). The van der Waals surface area contributed by atoms with Crippen molar-refractivity contribution in [1.29, 1.82) is 5.41 Å². The third-order valence-corrected chi connectivity index (χ3v) is 5.75. The van der Waals surface area contributed by atoms with E-state index < -0.39 is 41.7 Å². The van der Waals surface area contributed by atoms with Crippen molar-refractivity contribution in [1.82, 2.24) is 4.90 Å². The fourth-order valence-corrected chi connectivity index (χ4v) is 4.17. The van der Waals surface area contributed by atoms with Gasteiger partial charge >= 0.3 is 6.18 Å². The number of halogens is 5. The summed E-state index contributed by atoms with van der Waals surface area (Å²) in [5.74, 6) is -0.544. The second kappa shape index (κ2) is 10.1. The normalized spacial score (nSPS) is 16.0. The molecule has 1 saturated heterocycles. The molecule has 0 spiro atoms. The number of hydrogen-bond acceptors (Lipinski definition) is 4. The summed E-state index contributed by atoms with van der Waals surface area (Å²) in [5.41, 5.74) is 1.93. The van der Waals surface area contributed by atoms with Crippen LogP contribution in [0.25, 0.3) is 0 Å². The van der Waals surface area contributed by atoms with Crippen molar-refractivity contribution in [3.63, 3.8) is 0 Å². The lowest BCUT2D eigenvalue weighted by atomic mass is 9.98. The molecule has 1 fully saturated rings. The summed E-state index contributed by atoms with van der Waals surface area (Å²) in [5, 5.41) is 7.69. The van der Waals surface area contributed by atoms with Gasteiger partial charge in [0.2, 0.25) is 0 Å². The van der Waals surface area contributed by atoms with Crippen molar-refractivity contribution in [2.75, 3.05) is 18.1 Å². The van der Waals surface area contributed by atoms with Crippen LogP contribution in [0.5, 0.6) is 0 Å². The second-order valence-electron chi connectivity index (χ2n) is 6.78. The molecule has 1 aliphatic heterocycles. The molecule has 10 heteroatoms. The molecule has 29 heavy (non-hydrogen) atoms. The molecule has 4 nitrogen and oxygen atoms in total. The van der Waals surface area contributed by atoms with Crippen LogP contribution in [-0.2, 0) is 11.3 Å². The number of nitrogens with zero attached hydrogens (tertiary/aromatic N) is 1. The Morgan fingerprint density at radius 3 is 2.38 bits per heavy atom. The SMILES string of the molecule is N=C(C=C(N)C(F)(F)F)C(=O)N(CCC1CCSCC1)Cc1c(F)cccc1F. The van der Waals surface area contributed by atoms with E-state index in [1.54, 1.807) is 0 Å². The molecule has 1 aliphatic rings.